The maximum Gasteiger partial charge on any atom is 0.326 e. The van der Waals surface area contributed by atoms with Crippen molar-refractivity contribution in [2.24, 2.45) is 0 Å². The lowest BCUT2D eigenvalue weighted by molar-refractivity contribution is -0.148. The average Bonchev–Trinajstić information content (AvgIpc) is 2.90. The molecule has 1 atom stereocenters. The number of carboxylic acid groups (broad SMARTS) is 1. The fourth-order valence-corrected chi connectivity index (χ4v) is 2.38. The van der Waals surface area contributed by atoms with Crippen molar-refractivity contribution in [1.82, 2.24) is 4.90 Å². The molecule has 1 heterocycles. The molecule has 1 fully saturated rings. The number of carbonyl (C=O) groups excluding carboxylic acids is 1. The zero-order valence-corrected chi connectivity index (χ0v) is 11.7. The molecule has 0 radical (unpaired) electrons. The summed E-state index contributed by atoms with van der Waals surface area (Å²) in [6.45, 7) is 0.736. The van der Waals surface area contributed by atoms with E-state index in [1.54, 1.807) is 24.3 Å². The third kappa shape index (κ3) is 3.63. The Bertz CT molecular complexity index is 488. The number of aliphatic carboxylic acids is 1. The van der Waals surface area contributed by atoms with Gasteiger partial charge in [-0.25, -0.2) is 4.79 Å². The van der Waals surface area contributed by atoms with Gasteiger partial charge in [0.15, 0.2) is 0 Å². The van der Waals surface area contributed by atoms with Gasteiger partial charge in [0.2, 0.25) is 5.91 Å². The normalized spacial score (nSPS) is 18.1. The number of amides is 1. The van der Waals surface area contributed by atoms with Crippen LogP contribution in [0.5, 0.6) is 5.75 Å². The molecule has 1 aromatic carbocycles. The zero-order chi connectivity index (χ0) is 14.5. The van der Waals surface area contributed by atoms with Crippen molar-refractivity contribution in [3.05, 3.63) is 29.3 Å². The van der Waals surface area contributed by atoms with Crippen LogP contribution in [-0.2, 0) is 9.59 Å². The second-order valence-electron chi connectivity index (χ2n) is 4.64. The van der Waals surface area contributed by atoms with Crippen LogP contribution in [0, 0.1) is 0 Å². The van der Waals surface area contributed by atoms with Gasteiger partial charge in [0.05, 0.1) is 13.0 Å². The minimum Gasteiger partial charge on any atom is -0.493 e. The van der Waals surface area contributed by atoms with Crippen molar-refractivity contribution in [3.8, 4) is 5.75 Å². The Morgan fingerprint density at radius 3 is 2.70 bits per heavy atom. The highest BCUT2D eigenvalue weighted by molar-refractivity contribution is 6.30. The Kier molecular flexibility index (Phi) is 4.84. The Morgan fingerprint density at radius 2 is 2.05 bits per heavy atom. The van der Waals surface area contributed by atoms with E-state index in [4.69, 9.17) is 21.4 Å². The number of nitrogens with zero attached hydrogens (tertiary/aromatic N) is 1. The van der Waals surface area contributed by atoms with E-state index in [9.17, 15) is 9.59 Å². The predicted octanol–water partition coefficient (Wildman–Crippen LogP) is 2.18. The molecular formula is C14H16ClNO4. The Hall–Kier alpha value is -1.75. The molecule has 0 aromatic heterocycles. The zero-order valence-electron chi connectivity index (χ0n) is 10.9. The molecule has 1 N–H and O–H groups in total. The smallest absolute Gasteiger partial charge is 0.326 e. The van der Waals surface area contributed by atoms with E-state index in [1.807, 2.05) is 0 Å². The Labute approximate surface area is 122 Å². The second kappa shape index (κ2) is 6.61. The van der Waals surface area contributed by atoms with E-state index in [1.165, 1.54) is 4.90 Å². The first-order chi connectivity index (χ1) is 9.58. The second-order valence-corrected chi connectivity index (χ2v) is 5.07. The number of halogens is 1. The topological polar surface area (TPSA) is 66.8 Å². The molecule has 1 aliphatic heterocycles. The number of benzene rings is 1. The van der Waals surface area contributed by atoms with E-state index < -0.39 is 12.0 Å². The number of likely N-dealkylation sites (tertiary alicyclic amines) is 1. The van der Waals surface area contributed by atoms with Gasteiger partial charge in [0.1, 0.15) is 11.8 Å². The molecular weight excluding hydrogens is 282 g/mol. The van der Waals surface area contributed by atoms with Gasteiger partial charge < -0.3 is 14.7 Å². The van der Waals surface area contributed by atoms with Gasteiger partial charge in [-0.3, -0.25) is 4.79 Å². The summed E-state index contributed by atoms with van der Waals surface area (Å²) in [6.07, 6.45) is 1.44. The van der Waals surface area contributed by atoms with Gasteiger partial charge in [-0.15, -0.1) is 0 Å². The number of ether oxygens (including phenoxy) is 1. The molecule has 1 amide bonds. The minimum absolute atomic E-state index is 0.173. The van der Waals surface area contributed by atoms with E-state index in [0.717, 1.165) is 6.42 Å². The van der Waals surface area contributed by atoms with Gasteiger partial charge in [-0.2, -0.15) is 0 Å². The van der Waals surface area contributed by atoms with Gasteiger partial charge >= 0.3 is 5.97 Å². The summed E-state index contributed by atoms with van der Waals surface area (Å²) >= 11 is 5.76. The number of carboxylic acids is 1. The molecule has 108 valence electrons. The van der Waals surface area contributed by atoms with E-state index in [0.29, 0.717) is 23.7 Å². The third-order valence-corrected chi connectivity index (χ3v) is 3.51. The van der Waals surface area contributed by atoms with Crippen LogP contribution in [0.2, 0.25) is 5.02 Å². The van der Waals surface area contributed by atoms with Crippen LogP contribution in [0.25, 0.3) is 0 Å². The van der Waals surface area contributed by atoms with E-state index in [-0.39, 0.29) is 18.9 Å². The summed E-state index contributed by atoms with van der Waals surface area (Å²) in [5, 5.41) is 9.64. The van der Waals surface area contributed by atoms with Crippen molar-refractivity contribution in [2.75, 3.05) is 13.2 Å². The lowest BCUT2D eigenvalue weighted by Gasteiger charge is -2.21. The van der Waals surface area contributed by atoms with Crippen molar-refractivity contribution < 1.29 is 19.4 Å². The summed E-state index contributed by atoms with van der Waals surface area (Å²) in [5.41, 5.74) is 0. The number of carbonyl (C=O) groups is 2. The molecule has 0 aliphatic carbocycles. The van der Waals surface area contributed by atoms with Gasteiger partial charge in [0, 0.05) is 11.6 Å². The predicted molar refractivity (Wildman–Crippen MR) is 73.9 cm³/mol. The lowest BCUT2D eigenvalue weighted by Crippen LogP contribution is -2.40. The van der Waals surface area contributed by atoms with Crippen LogP contribution in [0.1, 0.15) is 19.3 Å². The van der Waals surface area contributed by atoms with Crippen LogP contribution >= 0.6 is 11.6 Å². The van der Waals surface area contributed by atoms with Crippen LogP contribution in [0.3, 0.4) is 0 Å². The number of hydrogen-bond acceptors (Lipinski definition) is 3. The standard InChI is InChI=1S/C14H16ClNO4/c15-10-3-5-11(6-4-10)20-9-7-13(17)16-8-1-2-12(16)14(18)19/h3-6,12H,1-2,7-9H2,(H,18,19)/t12-/m0/s1. The molecule has 0 spiro atoms. The Morgan fingerprint density at radius 1 is 1.35 bits per heavy atom. The quantitative estimate of drug-likeness (QED) is 0.904. The number of rotatable bonds is 5. The summed E-state index contributed by atoms with van der Waals surface area (Å²) in [7, 11) is 0. The van der Waals surface area contributed by atoms with Gasteiger partial charge in [-0.1, -0.05) is 11.6 Å². The molecule has 20 heavy (non-hydrogen) atoms. The molecule has 0 bridgehead atoms. The van der Waals surface area contributed by atoms with Crippen molar-refractivity contribution in [1.29, 1.82) is 0 Å². The fourth-order valence-electron chi connectivity index (χ4n) is 2.25. The third-order valence-electron chi connectivity index (χ3n) is 3.26. The summed E-state index contributed by atoms with van der Waals surface area (Å²) in [6, 6.07) is 6.18. The minimum atomic E-state index is -0.936. The largest absolute Gasteiger partial charge is 0.493 e. The number of hydrogen-bond donors (Lipinski definition) is 1. The molecule has 2 rings (SSSR count). The van der Waals surface area contributed by atoms with Crippen molar-refractivity contribution in [3.63, 3.8) is 0 Å². The van der Waals surface area contributed by atoms with Crippen molar-refractivity contribution in [2.45, 2.75) is 25.3 Å². The van der Waals surface area contributed by atoms with E-state index >= 15 is 0 Å². The molecule has 1 saturated heterocycles. The highest BCUT2D eigenvalue weighted by Gasteiger charge is 2.33. The first-order valence-corrected chi connectivity index (χ1v) is 6.86. The van der Waals surface area contributed by atoms with Crippen LogP contribution in [0.4, 0.5) is 0 Å². The average molecular weight is 298 g/mol. The molecule has 5 nitrogen and oxygen atoms in total. The van der Waals surface area contributed by atoms with Crippen LogP contribution in [0.15, 0.2) is 24.3 Å². The first kappa shape index (κ1) is 14.7. The monoisotopic (exact) mass is 297 g/mol. The summed E-state index contributed by atoms with van der Waals surface area (Å²) in [5.74, 6) is -0.475. The molecule has 0 saturated carbocycles. The van der Waals surface area contributed by atoms with Crippen LogP contribution < -0.4 is 4.74 Å². The van der Waals surface area contributed by atoms with Crippen molar-refractivity contribution >= 4 is 23.5 Å². The SMILES string of the molecule is O=C(O)[C@@H]1CCCN1C(=O)CCOc1ccc(Cl)cc1. The van der Waals surface area contributed by atoms with E-state index in [2.05, 4.69) is 0 Å². The first-order valence-electron chi connectivity index (χ1n) is 6.48. The summed E-state index contributed by atoms with van der Waals surface area (Å²) < 4.78 is 5.43. The maximum absolute atomic E-state index is 12.0. The fraction of sp³-hybridized carbons (Fsp3) is 0.429. The molecule has 1 aliphatic rings. The lowest BCUT2D eigenvalue weighted by atomic mass is 10.2. The molecule has 6 heteroatoms. The molecule has 0 unspecified atom stereocenters. The molecule has 1 aromatic rings. The highest BCUT2D eigenvalue weighted by Crippen LogP contribution is 2.19. The Balaban J connectivity index is 1.80. The highest BCUT2D eigenvalue weighted by atomic mass is 35.5. The maximum atomic E-state index is 12.0. The summed E-state index contributed by atoms with van der Waals surface area (Å²) in [4.78, 5) is 24.4. The van der Waals surface area contributed by atoms with Gasteiger partial charge in [0.25, 0.3) is 0 Å². The van der Waals surface area contributed by atoms with Crippen LogP contribution in [-0.4, -0.2) is 41.1 Å². The van der Waals surface area contributed by atoms with Gasteiger partial charge in [-0.05, 0) is 37.1 Å².